The van der Waals surface area contributed by atoms with Gasteiger partial charge in [0, 0.05) is 30.2 Å². The molecule has 1 aliphatic rings. The van der Waals surface area contributed by atoms with Gasteiger partial charge in [-0.3, -0.25) is 4.79 Å². The number of carbonyl (C=O) groups excluding carboxylic acids is 1. The van der Waals surface area contributed by atoms with Gasteiger partial charge < -0.3 is 10.3 Å². The molecule has 3 aromatic rings. The molecule has 0 radical (unpaired) electrons. The fourth-order valence-electron chi connectivity index (χ4n) is 3.20. The van der Waals surface area contributed by atoms with Gasteiger partial charge in [0.25, 0.3) is 0 Å². The molecule has 0 saturated carbocycles. The van der Waals surface area contributed by atoms with Crippen LogP contribution in [0.3, 0.4) is 0 Å². The average molecular weight is 440 g/mol. The molecule has 0 amide bonds. The van der Waals surface area contributed by atoms with Crippen LogP contribution in [-0.2, 0) is 11.8 Å². The number of hydrogen-bond donors (Lipinski definition) is 1. The van der Waals surface area contributed by atoms with Gasteiger partial charge in [0.2, 0.25) is 0 Å². The van der Waals surface area contributed by atoms with E-state index in [9.17, 15) is 4.79 Å². The van der Waals surface area contributed by atoms with Gasteiger partial charge in [0.1, 0.15) is 45.8 Å². The molecule has 4 rings (SSSR count). The Kier molecular flexibility index (Phi) is 5.30. The van der Waals surface area contributed by atoms with E-state index in [2.05, 4.69) is 50.9 Å². The lowest BCUT2D eigenvalue weighted by Gasteiger charge is -2.16. The second-order valence-corrected chi connectivity index (χ2v) is 8.95. The second-order valence-electron chi connectivity index (χ2n) is 8.58. The summed E-state index contributed by atoms with van der Waals surface area (Å²) in [5.41, 5.74) is 8.61. The number of nitrogen functional groups attached to an aromatic ring is 1. The first kappa shape index (κ1) is 21.0. The predicted octanol–water partition coefficient (Wildman–Crippen LogP) is 3.84. The summed E-state index contributed by atoms with van der Waals surface area (Å²) in [5.74, 6) is 0.935. The summed E-state index contributed by atoms with van der Waals surface area (Å²) in [5, 5.41) is 4.21. The number of nitrogens with zero attached hydrogens (tertiary/aromatic N) is 6. The Hall–Kier alpha value is -3.20. The number of aliphatic imine (C=N–C) groups is 1. The van der Waals surface area contributed by atoms with Gasteiger partial charge >= 0.3 is 0 Å². The van der Waals surface area contributed by atoms with Crippen LogP contribution in [-0.4, -0.2) is 36.6 Å². The normalized spacial score (nSPS) is 14.3. The zero-order chi connectivity index (χ0) is 22.3. The summed E-state index contributed by atoms with van der Waals surface area (Å²) >= 11 is 6.06. The lowest BCUT2D eigenvalue weighted by Crippen LogP contribution is -2.16. The highest BCUT2D eigenvalue weighted by atomic mass is 35.5. The van der Waals surface area contributed by atoms with Crippen LogP contribution in [0.25, 0.3) is 0 Å². The van der Waals surface area contributed by atoms with E-state index in [-0.39, 0.29) is 40.1 Å². The number of rotatable bonds is 5. The number of carbonyl (C=O) groups is 1. The molecule has 10 heteroatoms. The Balaban J connectivity index is 1.48. The van der Waals surface area contributed by atoms with Crippen LogP contribution in [0.5, 0.6) is 0 Å². The molecule has 31 heavy (non-hydrogen) atoms. The fraction of sp³-hybridized carbons (Fsp3) is 0.381. The van der Waals surface area contributed by atoms with Gasteiger partial charge in [-0.1, -0.05) is 44.5 Å². The van der Waals surface area contributed by atoms with Crippen molar-refractivity contribution in [3.63, 3.8) is 0 Å². The third-order valence-electron chi connectivity index (χ3n) is 4.99. The monoisotopic (exact) mass is 439 g/mol. The third-order valence-corrected chi connectivity index (χ3v) is 5.36. The number of nitrogens with two attached hydrogens (primary N) is 1. The maximum atomic E-state index is 12.6. The van der Waals surface area contributed by atoms with Gasteiger partial charge in [0.15, 0.2) is 5.78 Å². The van der Waals surface area contributed by atoms with Crippen molar-refractivity contribution in [2.75, 3.05) is 5.73 Å². The molecule has 0 saturated heterocycles. The number of aromatic nitrogens is 5. The highest BCUT2D eigenvalue weighted by molar-refractivity contribution is 6.35. The van der Waals surface area contributed by atoms with Crippen LogP contribution in [0.15, 0.2) is 28.1 Å². The molecule has 0 bridgehead atoms. The average Bonchev–Trinajstić information content (AvgIpc) is 3.35. The Bertz CT molecular complexity index is 1200. The molecule has 160 valence electrons. The van der Waals surface area contributed by atoms with Gasteiger partial charge in [-0.2, -0.15) is 0 Å². The van der Waals surface area contributed by atoms with Gasteiger partial charge in [0.05, 0.1) is 17.6 Å². The molecule has 1 aliphatic heterocycles. The molecule has 0 fully saturated rings. The van der Waals surface area contributed by atoms with Crippen LogP contribution in [0, 0.1) is 0 Å². The molecular weight excluding hydrogens is 418 g/mol. The van der Waals surface area contributed by atoms with Gasteiger partial charge in [-0.25, -0.2) is 24.9 Å². The minimum atomic E-state index is -0.250. The van der Waals surface area contributed by atoms with Crippen LogP contribution < -0.4 is 5.73 Å². The molecule has 0 unspecified atom stereocenters. The molecule has 9 nitrogen and oxygen atoms in total. The van der Waals surface area contributed by atoms with Crippen LogP contribution in [0.1, 0.15) is 73.5 Å². The van der Waals surface area contributed by atoms with Crippen molar-refractivity contribution in [3.05, 3.63) is 52.3 Å². The Morgan fingerprint density at radius 2 is 2.06 bits per heavy atom. The van der Waals surface area contributed by atoms with E-state index in [1.807, 2.05) is 6.92 Å². The van der Waals surface area contributed by atoms with Crippen molar-refractivity contribution in [2.24, 2.45) is 4.99 Å². The number of hydrogen-bond acceptors (Lipinski definition) is 9. The predicted molar refractivity (Wildman–Crippen MR) is 116 cm³/mol. The summed E-state index contributed by atoms with van der Waals surface area (Å²) in [6.45, 7) is 8.08. The first-order chi connectivity index (χ1) is 14.6. The number of Topliss-reactive ketones (excluding diaryl/α,β-unsaturated/α-hetero) is 1. The maximum Gasteiger partial charge on any atom is 0.183 e. The molecule has 0 aliphatic carbocycles. The number of halogens is 1. The molecule has 0 spiro atoms. The summed E-state index contributed by atoms with van der Waals surface area (Å²) in [6.07, 6.45) is 3.65. The highest BCUT2D eigenvalue weighted by Crippen LogP contribution is 2.30. The number of ketones is 1. The zero-order valence-electron chi connectivity index (χ0n) is 17.7. The molecule has 4 heterocycles. The molecule has 2 N–H and O–H groups in total. The molecule has 0 aromatic carbocycles. The van der Waals surface area contributed by atoms with Crippen LogP contribution >= 0.6 is 11.6 Å². The summed E-state index contributed by atoms with van der Waals surface area (Å²) in [4.78, 5) is 34.0. The van der Waals surface area contributed by atoms with E-state index < -0.39 is 0 Å². The largest absolute Gasteiger partial charge is 0.382 e. The molecule has 1 atom stereocenters. The topological polar surface area (TPSA) is 133 Å². The number of anilines is 1. The Morgan fingerprint density at radius 1 is 1.29 bits per heavy atom. The van der Waals surface area contributed by atoms with Crippen molar-refractivity contribution in [2.45, 2.75) is 51.9 Å². The van der Waals surface area contributed by atoms with Crippen molar-refractivity contribution < 1.29 is 9.32 Å². The lowest BCUT2D eigenvalue weighted by molar-refractivity contribution is 0.0967. The minimum Gasteiger partial charge on any atom is -0.382 e. The lowest BCUT2D eigenvalue weighted by atomic mass is 9.95. The van der Waals surface area contributed by atoms with Crippen molar-refractivity contribution in [1.29, 1.82) is 0 Å². The van der Waals surface area contributed by atoms with E-state index in [1.54, 1.807) is 12.3 Å². The SMILES string of the molecule is C[C@@H](CC(=O)c1ncnc(N)c1Cl)c1cc(C2=Nc3cnc(C(C)(C)C)nc3C2)no1. The minimum absolute atomic E-state index is 0.0618. The highest BCUT2D eigenvalue weighted by Gasteiger charge is 2.26. The summed E-state index contributed by atoms with van der Waals surface area (Å²) in [6, 6.07) is 1.80. The number of fused-ring (bicyclic) bond motifs is 1. The first-order valence-electron chi connectivity index (χ1n) is 9.83. The van der Waals surface area contributed by atoms with Crippen molar-refractivity contribution >= 4 is 34.6 Å². The van der Waals surface area contributed by atoms with E-state index in [1.165, 1.54) is 6.33 Å². The van der Waals surface area contributed by atoms with Gasteiger partial charge in [-0.15, -0.1) is 0 Å². The fourth-order valence-corrected chi connectivity index (χ4v) is 3.40. The first-order valence-corrected chi connectivity index (χ1v) is 10.2. The van der Waals surface area contributed by atoms with Gasteiger partial charge in [-0.05, 0) is 0 Å². The Morgan fingerprint density at radius 3 is 2.81 bits per heavy atom. The zero-order valence-corrected chi connectivity index (χ0v) is 18.4. The standard InChI is InChI=1S/C21H22ClN7O2/c1-10(5-15(30)18-17(22)19(23)26-9-25-18)16-7-13(29-31-16)11-6-12-14(27-11)8-24-20(28-12)21(2,3)4/h7-10H,5-6H2,1-4H3,(H2,23,25,26)/t10-/m0/s1. The van der Waals surface area contributed by atoms with Crippen LogP contribution in [0.4, 0.5) is 11.5 Å². The summed E-state index contributed by atoms with van der Waals surface area (Å²) in [7, 11) is 0. The maximum absolute atomic E-state index is 12.6. The second kappa shape index (κ2) is 7.81. The molecular formula is C21H22ClN7O2. The Labute approximate surface area is 184 Å². The van der Waals surface area contributed by atoms with E-state index >= 15 is 0 Å². The van der Waals surface area contributed by atoms with E-state index in [0.29, 0.717) is 17.9 Å². The van der Waals surface area contributed by atoms with Crippen molar-refractivity contribution in [3.8, 4) is 0 Å². The van der Waals surface area contributed by atoms with E-state index in [0.717, 1.165) is 22.9 Å². The third kappa shape index (κ3) is 4.18. The van der Waals surface area contributed by atoms with Crippen molar-refractivity contribution in [1.82, 2.24) is 25.1 Å². The quantitative estimate of drug-likeness (QED) is 0.592. The molecule has 3 aromatic heterocycles. The smallest absolute Gasteiger partial charge is 0.183 e. The van der Waals surface area contributed by atoms with E-state index in [4.69, 9.17) is 21.9 Å². The summed E-state index contributed by atoms with van der Waals surface area (Å²) < 4.78 is 5.50. The van der Waals surface area contributed by atoms with Crippen LogP contribution in [0.2, 0.25) is 5.02 Å².